The zero-order valence-electron chi connectivity index (χ0n) is 9.93. The fourth-order valence-corrected chi connectivity index (χ4v) is 2.14. The first-order valence-corrected chi connectivity index (χ1v) is 5.57. The van der Waals surface area contributed by atoms with Crippen LogP contribution in [0.3, 0.4) is 0 Å². The summed E-state index contributed by atoms with van der Waals surface area (Å²) in [5, 5.41) is 9.12. The lowest BCUT2D eigenvalue weighted by Gasteiger charge is -2.32. The Bertz CT molecular complexity index is 470. The van der Waals surface area contributed by atoms with Gasteiger partial charge in [0.25, 0.3) is 0 Å². The number of aryl methyl sites for hydroxylation is 2. The fraction of sp³-hybridized carbons (Fsp3) is 0.385. The molecule has 0 N–H and O–H groups in total. The molecular formula is C13H14N2O2. The monoisotopic (exact) mass is 230 g/mol. The van der Waals surface area contributed by atoms with Gasteiger partial charge in [0.2, 0.25) is 0 Å². The van der Waals surface area contributed by atoms with Gasteiger partial charge in [-0.05, 0) is 25.0 Å². The molecule has 1 aromatic carbocycles. The Kier molecular flexibility index (Phi) is 3.01. The molecule has 1 saturated heterocycles. The highest BCUT2D eigenvalue weighted by Crippen LogP contribution is 2.29. The van der Waals surface area contributed by atoms with Crippen molar-refractivity contribution in [2.45, 2.75) is 26.3 Å². The van der Waals surface area contributed by atoms with E-state index in [1.807, 2.05) is 32.0 Å². The van der Waals surface area contributed by atoms with Gasteiger partial charge in [-0.1, -0.05) is 18.2 Å². The van der Waals surface area contributed by atoms with Crippen LogP contribution in [-0.2, 0) is 4.74 Å². The van der Waals surface area contributed by atoms with Gasteiger partial charge in [-0.2, -0.15) is 5.26 Å². The predicted molar refractivity (Wildman–Crippen MR) is 63.8 cm³/mol. The number of hydrogen-bond acceptors (Lipinski definition) is 3. The van der Waals surface area contributed by atoms with E-state index in [1.54, 1.807) is 0 Å². The lowest BCUT2D eigenvalue weighted by atomic mass is 10.0. The fourth-order valence-electron chi connectivity index (χ4n) is 2.14. The van der Waals surface area contributed by atoms with Crippen molar-refractivity contribution in [3.05, 3.63) is 29.3 Å². The van der Waals surface area contributed by atoms with Crippen molar-refractivity contribution in [3.63, 3.8) is 0 Å². The summed E-state index contributed by atoms with van der Waals surface area (Å²) in [6, 6.07) is 7.52. The molecule has 0 bridgehead atoms. The zero-order valence-corrected chi connectivity index (χ0v) is 9.93. The van der Waals surface area contributed by atoms with Crippen molar-refractivity contribution < 1.29 is 9.53 Å². The first kappa shape index (κ1) is 11.5. The summed E-state index contributed by atoms with van der Waals surface area (Å²) in [7, 11) is 0. The molecule has 1 unspecified atom stereocenters. The molecule has 1 fully saturated rings. The maximum atomic E-state index is 11.8. The zero-order chi connectivity index (χ0) is 12.4. The van der Waals surface area contributed by atoms with Crippen LogP contribution in [0, 0.1) is 25.2 Å². The number of nitriles is 1. The minimum Gasteiger partial charge on any atom is -0.449 e. The van der Waals surface area contributed by atoms with Crippen LogP contribution in [0.1, 0.15) is 17.5 Å². The SMILES string of the molecule is Cc1cccc(C)c1N1C(=O)OCCC1C#N. The third-order valence-electron chi connectivity index (χ3n) is 2.95. The molecule has 17 heavy (non-hydrogen) atoms. The molecule has 0 spiro atoms. The van der Waals surface area contributed by atoms with Crippen molar-refractivity contribution in [2.75, 3.05) is 11.5 Å². The molecule has 1 heterocycles. The van der Waals surface area contributed by atoms with Crippen LogP contribution in [0.5, 0.6) is 0 Å². The molecule has 1 amide bonds. The second-order valence-corrected chi connectivity index (χ2v) is 4.16. The largest absolute Gasteiger partial charge is 0.449 e. The smallest absolute Gasteiger partial charge is 0.415 e. The number of carbonyl (C=O) groups excluding carboxylic acids is 1. The maximum Gasteiger partial charge on any atom is 0.415 e. The van der Waals surface area contributed by atoms with Gasteiger partial charge in [0.05, 0.1) is 18.4 Å². The number of nitrogens with zero attached hydrogens (tertiary/aromatic N) is 2. The molecule has 1 aromatic rings. The Morgan fingerprint density at radius 2 is 2.06 bits per heavy atom. The number of benzene rings is 1. The van der Waals surface area contributed by atoms with Gasteiger partial charge in [-0.15, -0.1) is 0 Å². The first-order valence-electron chi connectivity index (χ1n) is 5.57. The van der Waals surface area contributed by atoms with Gasteiger partial charge in [0.15, 0.2) is 0 Å². The molecule has 1 aliphatic heterocycles. The third-order valence-corrected chi connectivity index (χ3v) is 2.95. The maximum absolute atomic E-state index is 11.8. The van der Waals surface area contributed by atoms with Gasteiger partial charge in [0, 0.05) is 6.42 Å². The first-order chi connectivity index (χ1) is 8.15. The van der Waals surface area contributed by atoms with E-state index in [0.717, 1.165) is 16.8 Å². The van der Waals surface area contributed by atoms with Gasteiger partial charge in [0.1, 0.15) is 6.04 Å². The van der Waals surface area contributed by atoms with Gasteiger partial charge >= 0.3 is 6.09 Å². The van der Waals surface area contributed by atoms with Gasteiger partial charge < -0.3 is 4.74 Å². The summed E-state index contributed by atoms with van der Waals surface area (Å²) in [6.45, 7) is 4.18. The Morgan fingerprint density at radius 3 is 2.65 bits per heavy atom. The van der Waals surface area contributed by atoms with Gasteiger partial charge in [-0.25, -0.2) is 4.79 Å². The molecule has 4 heteroatoms. The van der Waals surface area contributed by atoms with E-state index in [9.17, 15) is 4.79 Å². The van der Waals surface area contributed by atoms with E-state index in [2.05, 4.69) is 6.07 Å². The van der Waals surface area contributed by atoms with Crippen molar-refractivity contribution >= 4 is 11.8 Å². The van der Waals surface area contributed by atoms with E-state index in [0.29, 0.717) is 13.0 Å². The second-order valence-electron chi connectivity index (χ2n) is 4.16. The quantitative estimate of drug-likeness (QED) is 0.745. The van der Waals surface area contributed by atoms with Crippen LogP contribution in [-0.4, -0.2) is 18.7 Å². The van der Waals surface area contributed by atoms with Gasteiger partial charge in [-0.3, -0.25) is 4.90 Å². The lowest BCUT2D eigenvalue weighted by Crippen LogP contribution is -2.45. The summed E-state index contributed by atoms with van der Waals surface area (Å²) in [4.78, 5) is 13.3. The van der Waals surface area contributed by atoms with Crippen molar-refractivity contribution in [2.24, 2.45) is 0 Å². The Labute approximate surface area is 100 Å². The average molecular weight is 230 g/mol. The number of anilines is 1. The summed E-state index contributed by atoms with van der Waals surface area (Å²) < 4.78 is 5.02. The van der Waals surface area contributed by atoms with Crippen molar-refractivity contribution in [1.82, 2.24) is 0 Å². The van der Waals surface area contributed by atoms with E-state index >= 15 is 0 Å². The van der Waals surface area contributed by atoms with Crippen molar-refractivity contribution in [3.8, 4) is 6.07 Å². The number of carbonyl (C=O) groups is 1. The van der Waals surface area contributed by atoms with Crippen molar-refractivity contribution in [1.29, 1.82) is 5.26 Å². The van der Waals surface area contributed by atoms with Crippen LogP contribution >= 0.6 is 0 Å². The average Bonchev–Trinajstić information content (AvgIpc) is 2.30. The third kappa shape index (κ3) is 1.96. The summed E-state index contributed by atoms with van der Waals surface area (Å²) in [6.07, 6.45) is 0.121. The standard InChI is InChI=1S/C13H14N2O2/c1-9-4-3-5-10(2)12(9)15-11(8-14)6-7-17-13(15)16/h3-5,11H,6-7H2,1-2H3. The number of hydrogen-bond donors (Lipinski definition) is 0. The van der Waals surface area contributed by atoms with E-state index in [4.69, 9.17) is 10.00 Å². The van der Waals surface area contributed by atoms with Crippen LogP contribution in [0.25, 0.3) is 0 Å². The molecule has 1 aliphatic rings. The molecular weight excluding hydrogens is 216 g/mol. The minimum atomic E-state index is -0.434. The number of rotatable bonds is 1. The second kappa shape index (κ2) is 4.46. The molecule has 0 radical (unpaired) electrons. The van der Waals surface area contributed by atoms with E-state index in [-0.39, 0.29) is 0 Å². The van der Waals surface area contributed by atoms with E-state index < -0.39 is 12.1 Å². The molecule has 4 nitrogen and oxygen atoms in total. The number of ether oxygens (including phenoxy) is 1. The molecule has 0 saturated carbocycles. The minimum absolute atomic E-state index is 0.318. The number of cyclic esters (lactones) is 1. The molecule has 0 aliphatic carbocycles. The normalized spacial score (nSPS) is 19.7. The highest BCUT2D eigenvalue weighted by atomic mass is 16.6. The lowest BCUT2D eigenvalue weighted by molar-refractivity contribution is 0.134. The predicted octanol–water partition coefficient (Wildman–Crippen LogP) is 2.54. The van der Waals surface area contributed by atoms with Crippen LogP contribution in [0.15, 0.2) is 18.2 Å². The Balaban J connectivity index is 2.49. The Hall–Kier alpha value is -2.02. The van der Waals surface area contributed by atoms with E-state index in [1.165, 1.54) is 4.90 Å². The summed E-state index contributed by atoms with van der Waals surface area (Å²) in [5.74, 6) is 0. The number of amides is 1. The summed E-state index contributed by atoms with van der Waals surface area (Å²) in [5.41, 5.74) is 2.75. The van der Waals surface area contributed by atoms with Crippen LogP contribution < -0.4 is 4.90 Å². The van der Waals surface area contributed by atoms with Crippen LogP contribution in [0.4, 0.5) is 10.5 Å². The topological polar surface area (TPSA) is 53.3 Å². The summed E-state index contributed by atoms with van der Waals surface area (Å²) >= 11 is 0. The number of para-hydroxylation sites is 1. The highest BCUT2D eigenvalue weighted by molar-refractivity contribution is 5.91. The van der Waals surface area contributed by atoms with Crippen LogP contribution in [0.2, 0.25) is 0 Å². The molecule has 0 aromatic heterocycles. The molecule has 88 valence electrons. The Morgan fingerprint density at radius 1 is 1.41 bits per heavy atom. The highest BCUT2D eigenvalue weighted by Gasteiger charge is 2.32. The molecule has 2 rings (SSSR count). The molecule has 1 atom stereocenters.